The van der Waals surface area contributed by atoms with Crippen molar-refractivity contribution < 1.29 is 4.42 Å². The number of nitrogens with zero attached hydrogens (tertiary/aromatic N) is 1. The highest BCUT2D eigenvalue weighted by molar-refractivity contribution is 9.09. The Morgan fingerprint density at radius 1 is 1.57 bits per heavy atom. The van der Waals surface area contributed by atoms with Crippen LogP contribution in [0, 0.1) is 0 Å². The molecule has 0 saturated heterocycles. The van der Waals surface area contributed by atoms with Crippen molar-refractivity contribution in [3.63, 3.8) is 0 Å². The number of fused-ring (bicyclic) bond motifs is 1. The minimum atomic E-state index is -0.337. The van der Waals surface area contributed by atoms with E-state index in [0.29, 0.717) is 11.0 Å². The van der Waals surface area contributed by atoms with Gasteiger partial charge >= 0.3 is 5.76 Å². The van der Waals surface area contributed by atoms with Crippen LogP contribution in [0.15, 0.2) is 27.4 Å². The van der Waals surface area contributed by atoms with E-state index in [0.717, 1.165) is 11.2 Å². The first-order chi connectivity index (χ1) is 6.72. The van der Waals surface area contributed by atoms with Gasteiger partial charge in [-0.05, 0) is 12.1 Å². The van der Waals surface area contributed by atoms with Gasteiger partial charge in [0, 0.05) is 18.8 Å². The fraction of sp³-hybridized carbons (Fsp3) is 0.222. The van der Waals surface area contributed by atoms with Gasteiger partial charge in [0.2, 0.25) is 0 Å². The van der Waals surface area contributed by atoms with Gasteiger partial charge in [-0.1, -0.05) is 15.9 Å². The molecule has 14 heavy (non-hydrogen) atoms. The average Bonchev–Trinajstić information content (AvgIpc) is 2.43. The Bertz CT molecular complexity index is 515. The third kappa shape index (κ3) is 1.43. The standard InChI is InChI=1S/C9H9BrN2O2/c1-12-7-3-2-6(11-5-10)4-8(7)14-9(12)13/h2-4,11H,5H2,1H3. The summed E-state index contributed by atoms with van der Waals surface area (Å²) < 4.78 is 6.52. The zero-order chi connectivity index (χ0) is 10.1. The Kier molecular flexibility index (Phi) is 2.33. The lowest BCUT2D eigenvalue weighted by Gasteiger charge is -2.00. The molecule has 0 bridgehead atoms. The van der Waals surface area contributed by atoms with E-state index in [4.69, 9.17) is 4.42 Å². The Hall–Kier alpha value is -1.23. The second-order valence-corrected chi connectivity index (χ2v) is 3.48. The van der Waals surface area contributed by atoms with E-state index in [1.165, 1.54) is 4.57 Å². The van der Waals surface area contributed by atoms with E-state index in [1.54, 1.807) is 13.1 Å². The van der Waals surface area contributed by atoms with Gasteiger partial charge in [-0.25, -0.2) is 4.79 Å². The second-order valence-electron chi connectivity index (χ2n) is 2.92. The molecule has 0 atom stereocenters. The number of rotatable bonds is 2. The molecule has 2 aromatic rings. The van der Waals surface area contributed by atoms with Gasteiger partial charge in [0.05, 0.1) is 11.0 Å². The number of oxazole rings is 1. The van der Waals surface area contributed by atoms with Gasteiger partial charge in [0.15, 0.2) is 5.58 Å². The van der Waals surface area contributed by atoms with Crippen LogP contribution in [0.1, 0.15) is 0 Å². The molecule has 4 nitrogen and oxygen atoms in total. The fourth-order valence-electron chi connectivity index (χ4n) is 1.32. The molecular formula is C9H9BrN2O2. The molecule has 1 aromatic heterocycles. The molecule has 1 aromatic carbocycles. The van der Waals surface area contributed by atoms with E-state index in [2.05, 4.69) is 21.2 Å². The monoisotopic (exact) mass is 256 g/mol. The molecule has 1 N–H and O–H groups in total. The third-order valence-corrected chi connectivity index (χ3v) is 2.34. The molecule has 0 aliphatic rings. The first-order valence-corrected chi connectivity index (χ1v) is 5.24. The molecule has 0 radical (unpaired) electrons. The lowest BCUT2D eigenvalue weighted by molar-refractivity contribution is 0.528. The third-order valence-electron chi connectivity index (χ3n) is 2.06. The van der Waals surface area contributed by atoms with Gasteiger partial charge in [-0.2, -0.15) is 0 Å². The summed E-state index contributed by atoms with van der Waals surface area (Å²) in [6, 6.07) is 5.56. The van der Waals surface area contributed by atoms with E-state index >= 15 is 0 Å². The van der Waals surface area contributed by atoms with Gasteiger partial charge in [0.25, 0.3) is 0 Å². The minimum absolute atomic E-state index is 0.337. The number of alkyl halides is 1. The fourth-order valence-corrected chi connectivity index (χ4v) is 1.64. The maximum Gasteiger partial charge on any atom is 0.419 e. The van der Waals surface area contributed by atoms with Gasteiger partial charge in [-0.15, -0.1) is 0 Å². The summed E-state index contributed by atoms with van der Waals surface area (Å²) >= 11 is 3.26. The summed E-state index contributed by atoms with van der Waals surface area (Å²) in [6.45, 7) is 0. The highest BCUT2D eigenvalue weighted by Crippen LogP contribution is 2.17. The number of benzene rings is 1. The van der Waals surface area contributed by atoms with E-state index in [1.807, 2.05) is 12.1 Å². The predicted molar refractivity (Wildman–Crippen MR) is 58.9 cm³/mol. The van der Waals surface area contributed by atoms with Crippen molar-refractivity contribution in [2.24, 2.45) is 7.05 Å². The zero-order valence-electron chi connectivity index (χ0n) is 7.58. The Balaban J connectivity index is 2.61. The Morgan fingerprint density at radius 3 is 3.07 bits per heavy atom. The van der Waals surface area contributed by atoms with Gasteiger partial charge in [-0.3, -0.25) is 4.57 Å². The molecule has 0 spiro atoms. The quantitative estimate of drug-likeness (QED) is 0.660. The van der Waals surface area contributed by atoms with Crippen molar-refractivity contribution in [1.82, 2.24) is 4.57 Å². The maximum absolute atomic E-state index is 11.2. The van der Waals surface area contributed by atoms with E-state index < -0.39 is 0 Å². The highest BCUT2D eigenvalue weighted by atomic mass is 79.9. The summed E-state index contributed by atoms with van der Waals surface area (Å²) in [5, 5.41) is 3.07. The molecule has 2 rings (SSSR count). The highest BCUT2D eigenvalue weighted by Gasteiger charge is 2.05. The van der Waals surface area contributed by atoms with Crippen LogP contribution in [-0.2, 0) is 7.05 Å². The zero-order valence-corrected chi connectivity index (χ0v) is 9.17. The van der Waals surface area contributed by atoms with Crippen molar-refractivity contribution >= 4 is 32.7 Å². The average molecular weight is 257 g/mol. The van der Waals surface area contributed by atoms with Gasteiger partial charge < -0.3 is 9.73 Å². The number of halogens is 1. The number of hydrogen-bond acceptors (Lipinski definition) is 3. The molecule has 0 aliphatic heterocycles. The second kappa shape index (κ2) is 3.49. The minimum Gasteiger partial charge on any atom is -0.408 e. The van der Waals surface area contributed by atoms with E-state index in [-0.39, 0.29) is 5.76 Å². The first-order valence-electron chi connectivity index (χ1n) is 4.12. The number of anilines is 1. The van der Waals surface area contributed by atoms with Crippen LogP contribution in [0.25, 0.3) is 11.1 Å². The maximum atomic E-state index is 11.2. The lowest BCUT2D eigenvalue weighted by Crippen LogP contribution is -2.08. The molecule has 0 saturated carbocycles. The summed E-state index contributed by atoms with van der Waals surface area (Å²) in [7, 11) is 1.69. The van der Waals surface area contributed by atoms with Gasteiger partial charge in [0.1, 0.15) is 0 Å². The summed E-state index contributed by atoms with van der Waals surface area (Å²) in [5.41, 5.74) is 2.98. The molecule has 0 unspecified atom stereocenters. The smallest absolute Gasteiger partial charge is 0.408 e. The van der Waals surface area contributed by atoms with E-state index in [9.17, 15) is 4.79 Å². The van der Waals surface area contributed by atoms with Crippen LogP contribution >= 0.6 is 15.9 Å². The van der Waals surface area contributed by atoms with Crippen LogP contribution in [-0.4, -0.2) is 10.0 Å². The summed E-state index contributed by atoms with van der Waals surface area (Å²) in [4.78, 5) is 11.2. The van der Waals surface area contributed by atoms with Crippen molar-refractivity contribution in [1.29, 1.82) is 0 Å². The molecule has 1 heterocycles. The van der Waals surface area contributed by atoms with Crippen molar-refractivity contribution in [2.75, 3.05) is 10.8 Å². The number of hydrogen-bond donors (Lipinski definition) is 1. The Labute approximate surface area is 88.6 Å². The molecule has 5 heteroatoms. The normalized spacial score (nSPS) is 10.7. The molecule has 0 fully saturated rings. The molecule has 0 amide bonds. The van der Waals surface area contributed by atoms with Crippen LogP contribution in [0.5, 0.6) is 0 Å². The topological polar surface area (TPSA) is 47.2 Å². The van der Waals surface area contributed by atoms with Crippen LogP contribution in [0.2, 0.25) is 0 Å². The predicted octanol–water partition coefficient (Wildman–Crippen LogP) is 1.90. The summed E-state index contributed by atoms with van der Waals surface area (Å²) in [6.07, 6.45) is 0. The largest absolute Gasteiger partial charge is 0.419 e. The van der Waals surface area contributed by atoms with Crippen LogP contribution in [0.4, 0.5) is 5.69 Å². The number of aromatic nitrogens is 1. The molecule has 0 aliphatic carbocycles. The summed E-state index contributed by atoms with van der Waals surface area (Å²) in [5.74, 6) is -0.337. The first kappa shape index (κ1) is 9.33. The van der Waals surface area contributed by atoms with Crippen molar-refractivity contribution in [2.45, 2.75) is 0 Å². The Morgan fingerprint density at radius 2 is 2.36 bits per heavy atom. The SMILES string of the molecule is Cn1c(=O)oc2cc(NCBr)ccc21. The molecule has 74 valence electrons. The number of nitrogens with one attached hydrogen (secondary N) is 1. The molecular weight excluding hydrogens is 248 g/mol. The van der Waals surface area contributed by atoms with Crippen LogP contribution < -0.4 is 11.1 Å². The number of aryl methyl sites for hydroxylation is 1. The van der Waals surface area contributed by atoms with Crippen molar-refractivity contribution in [3.05, 3.63) is 28.7 Å². The van der Waals surface area contributed by atoms with Crippen molar-refractivity contribution in [3.8, 4) is 0 Å². The van der Waals surface area contributed by atoms with Crippen LogP contribution in [0.3, 0.4) is 0 Å². The lowest BCUT2D eigenvalue weighted by atomic mass is 10.3.